The van der Waals surface area contributed by atoms with Crippen LogP contribution in [0.4, 0.5) is 4.79 Å². The lowest BCUT2D eigenvalue weighted by atomic mass is 9.82. The summed E-state index contributed by atoms with van der Waals surface area (Å²) in [5.74, 6) is -2.23. The van der Waals surface area contributed by atoms with E-state index in [1.54, 1.807) is 4.90 Å². The fourth-order valence-corrected chi connectivity index (χ4v) is 6.90. The number of hydrogen-bond donors (Lipinski definition) is 4. The average Bonchev–Trinajstić information content (AvgIpc) is 3.72. The molecule has 3 aliphatic rings. The van der Waals surface area contributed by atoms with Crippen molar-refractivity contribution < 1.29 is 28.7 Å². The minimum Gasteiger partial charge on any atom is -0.374 e. The lowest BCUT2D eigenvalue weighted by Gasteiger charge is -2.40. The lowest BCUT2D eigenvalue weighted by molar-refractivity contribution is -0.143. The number of rotatable bonds is 14. The van der Waals surface area contributed by atoms with E-state index in [-0.39, 0.29) is 23.7 Å². The molecule has 0 radical (unpaired) electrons. The second-order valence-electron chi connectivity index (χ2n) is 15.4. The van der Waals surface area contributed by atoms with Gasteiger partial charge in [0.2, 0.25) is 17.6 Å². The SMILES string of the molecule is CC(C)[C@@H]1CC(C(=O)NC(CC2CC2)C(=O)C(N)=O)N(C(=O)C(NC(=O)NC2(COCc3ccccc3)CCCCC2)C(C)(C)C)C1. The predicted molar refractivity (Wildman–Crippen MR) is 179 cm³/mol. The number of benzene rings is 1. The van der Waals surface area contributed by atoms with Gasteiger partial charge in [-0.1, -0.05) is 97.1 Å². The van der Waals surface area contributed by atoms with Gasteiger partial charge in [-0.25, -0.2) is 4.79 Å². The normalized spacial score (nSPS) is 22.3. The van der Waals surface area contributed by atoms with Gasteiger partial charge in [-0.2, -0.15) is 0 Å². The van der Waals surface area contributed by atoms with Crippen LogP contribution in [-0.2, 0) is 30.5 Å². The van der Waals surface area contributed by atoms with Gasteiger partial charge >= 0.3 is 6.03 Å². The Balaban J connectivity index is 1.48. The molecule has 1 aromatic carbocycles. The largest absolute Gasteiger partial charge is 0.374 e. The van der Waals surface area contributed by atoms with Crippen LogP contribution in [0.1, 0.15) is 98.0 Å². The summed E-state index contributed by atoms with van der Waals surface area (Å²) in [6.07, 6.45) is 7.22. The molecular weight excluding hydrogens is 598 g/mol. The fraction of sp³-hybridized carbons (Fsp3) is 0.694. The van der Waals surface area contributed by atoms with Crippen molar-refractivity contribution >= 4 is 29.5 Å². The van der Waals surface area contributed by atoms with E-state index in [1.807, 2.05) is 51.1 Å². The summed E-state index contributed by atoms with van der Waals surface area (Å²) in [5.41, 5.74) is 5.14. The summed E-state index contributed by atoms with van der Waals surface area (Å²) in [4.78, 5) is 67.7. The van der Waals surface area contributed by atoms with Crippen LogP contribution in [0.25, 0.3) is 0 Å². The summed E-state index contributed by atoms with van der Waals surface area (Å²) in [6, 6.07) is 6.68. The van der Waals surface area contributed by atoms with Crippen LogP contribution in [0.15, 0.2) is 30.3 Å². The second-order valence-corrected chi connectivity index (χ2v) is 15.4. The molecule has 5 N–H and O–H groups in total. The van der Waals surface area contributed by atoms with Gasteiger partial charge < -0.3 is 31.3 Å². The Morgan fingerprint density at radius 3 is 2.23 bits per heavy atom. The van der Waals surface area contributed by atoms with E-state index in [2.05, 4.69) is 29.8 Å². The molecule has 0 aromatic heterocycles. The smallest absolute Gasteiger partial charge is 0.315 e. The second kappa shape index (κ2) is 15.6. The lowest BCUT2D eigenvalue weighted by Crippen LogP contribution is -2.63. The number of amides is 5. The summed E-state index contributed by atoms with van der Waals surface area (Å²) < 4.78 is 6.11. The zero-order chi connectivity index (χ0) is 34.4. The highest BCUT2D eigenvalue weighted by atomic mass is 16.5. The van der Waals surface area contributed by atoms with Gasteiger partial charge in [0.25, 0.3) is 5.91 Å². The zero-order valence-corrected chi connectivity index (χ0v) is 28.8. The maximum Gasteiger partial charge on any atom is 0.315 e. The highest BCUT2D eigenvalue weighted by molar-refractivity contribution is 6.37. The van der Waals surface area contributed by atoms with Crippen molar-refractivity contribution in [3.8, 4) is 0 Å². The van der Waals surface area contributed by atoms with Crippen molar-refractivity contribution in [3.05, 3.63) is 35.9 Å². The Hall–Kier alpha value is -3.47. The van der Waals surface area contributed by atoms with Gasteiger partial charge in [0.15, 0.2) is 0 Å². The summed E-state index contributed by atoms with van der Waals surface area (Å²) in [7, 11) is 0. The third-order valence-electron chi connectivity index (χ3n) is 10.1. The van der Waals surface area contributed by atoms with Crippen molar-refractivity contribution in [3.63, 3.8) is 0 Å². The molecule has 4 rings (SSSR count). The maximum atomic E-state index is 14.4. The number of carbonyl (C=O) groups is 5. The number of nitrogens with one attached hydrogen (secondary N) is 3. The number of ether oxygens (including phenoxy) is 1. The number of likely N-dealkylation sites (tertiary alicyclic amines) is 1. The molecule has 2 aliphatic carbocycles. The molecule has 3 fully saturated rings. The van der Waals surface area contributed by atoms with Crippen LogP contribution in [0, 0.1) is 23.2 Å². The predicted octanol–water partition coefficient (Wildman–Crippen LogP) is 3.83. The van der Waals surface area contributed by atoms with E-state index >= 15 is 0 Å². The zero-order valence-electron chi connectivity index (χ0n) is 28.8. The van der Waals surface area contributed by atoms with Crippen LogP contribution in [-0.4, -0.2) is 71.3 Å². The Morgan fingerprint density at radius 1 is 1.00 bits per heavy atom. The van der Waals surface area contributed by atoms with Crippen LogP contribution in [0.5, 0.6) is 0 Å². The molecular formula is C36H55N5O6. The molecule has 5 amide bonds. The molecule has 1 heterocycles. The Morgan fingerprint density at radius 2 is 1.66 bits per heavy atom. The fourth-order valence-electron chi connectivity index (χ4n) is 6.90. The number of nitrogens with zero attached hydrogens (tertiary/aromatic N) is 1. The maximum absolute atomic E-state index is 14.4. The van der Waals surface area contributed by atoms with Crippen LogP contribution in [0.3, 0.4) is 0 Å². The summed E-state index contributed by atoms with van der Waals surface area (Å²) >= 11 is 0. The molecule has 4 atom stereocenters. The molecule has 0 spiro atoms. The van der Waals surface area contributed by atoms with Crippen LogP contribution >= 0.6 is 0 Å². The Kier molecular flexibility index (Phi) is 12.1. The minimum atomic E-state index is -1.08. The summed E-state index contributed by atoms with van der Waals surface area (Å²) in [6.45, 7) is 10.9. The Labute approximate surface area is 279 Å². The topological polar surface area (TPSA) is 160 Å². The molecule has 1 saturated heterocycles. The van der Waals surface area contributed by atoms with Crippen molar-refractivity contribution in [2.75, 3.05) is 13.2 Å². The van der Waals surface area contributed by atoms with E-state index in [4.69, 9.17) is 10.5 Å². The average molecular weight is 654 g/mol. The molecule has 1 aromatic rings. The molecule has 1 aliphatic heterocycles. The molecule has 2 saturated carbocycles. The van der Waals surface area contributed by atoms with Gasteiger partial charge in [0.05, 0.1) is 24.8 Å². The van der Waals surface area contributed by atoms with Crippen molar-refractivity contribution in [2.24, 2.45) is 28.9 Å². The highest BCUT2D eigenvalue weighted by Crippen LogP contribution is 2.35. The minimum absolute atomic E-state index is 0.0464. The third kappa shape index (κ3) is 10.0. The third-order valence-corrected chi connectivity index (χ3v) is 10.1. The number of ketones is 1. The van der Waals surface area contributed by atoms with Gasteiger partial charge in [-0.3, -0.25) is 19.2 Å². The van der Waals surface area contributed by atoms with Crippen molar-refractivity contribution in [2.45, 2.75) is 123 Å². The standard InChI is InChI=1S/C36H55N5O6/c1-23(2)26-19-28(32(44)38-27(18-24-14-15-24)29(42)31(37)43)41(20-26)33(45)30(35(3,4)5)39-34(46)40-36(16-10-7-11-17-36)22-47-21-25-12-8-6-9-13-25/h6,8-9,12-13,23-24,26-28,30H,7,10-11,14-22H2,1-5H3,(H2,37,43)(H,38,44)(H2,39,40,46)/t26-,27?,28?,30?/m1/s1. The van der Waals surface area contributed by atoms with Gasteiger partial charge in [0.1, 0.15) is 12.1 Å². The number of primary amides is 1. The first-order valence-electron chi connectivity index (χ1n) is 17.3. The molecule has 260 valence electrons. The van der Waals surface area contributed by atoms with Crippen molar-refractivity contribution in [1.29, 1.82) is 0 Å². The first-order valence-corrected chi connectivity index (χ1v) is 17.3. The van der Waals surface area contributed by atoms with E-state index in [0.29, 0.717) is 32.6 Å². The number of nitrogens with two attached hydrogens (primary N) is 1. The Bertz CT molecular complexity index is 1270. The molecule has 11 heteroatoms. The van der Waals surface area contributed by atoms with E-state index in [0.717, 1.165) is 50.5 Å². The molecule has 3 unspecified atom stereocenters. The van der Waals surface area contributed by atoms with Gasteiger partial charge in [0, 0.05) is 6.54 Å². The number of urea groups is 1. The first-order chi connectivity index (χ1) is 22.2. The van der Waals surface area contributed by atoms with E-state index in [1.165, 1.54) is 0 Å². The van der Waals surface area contributed by atoms with Gasteiger partial charge in [-0.05, 0) is 54.4 Å². The van der Waals surface area contributed by atoms with Crippen LogP contribution in [0.2, 0.25) is 0 Å². The van der Waals surface area contributed by atoms with E-state index < -0.39 is 52.7 Å². The highest BCUT2D eigenvalue weighted by Gasteiger charge is 2.47. The molecule has 0 bridgehead atoms. The first kappa shape index (κ1) is 36.4. The quantitative estimate of drug-likeness (QED) is 0.223. The molecule has 47 heavy (non-hydrogen) atoms. The number of carbonyl (C=O) groups excluding carboxylic acids is 5. The van der Waals surface area contributed by atoms with Crippen LogP contribution < -0.4 is 21.7 Å². The molecule has 11 nitrogen and oxygen atoms in total. The van der Waals surface area contributed by atoms with E-state index in [9.17, 15) is 24.0 Å². The monoisotopic (exact) mass is 653 g/mol. The number of hydrogen-bond acceptors (Lipinski definition) is 6. The number of Topliss-reactive ketones (excluding diaryl/α,β-unsaturated/α-hetero) is 1. The summed E-state index contributed by atoms with van der Waals surface area (Å²) in [5, 5.41) is 8.94. The van der Waals surface area contributed by atoms with Crippen molar-refractivity contribution in [1.82, 2.24) is 20.9 Å². The van der Waals surface area contributed by atoms with Gasteiger partial charge in [-0.15, -0.1) is 0 Å².